The molecule has 5 nitrogen and oxygen atoms in total. The number of nitrogen functional groups attached to an aromatic ring is 1. The maximum absolute atomic E-state index is 12.0. The van der Waals surface area contributed by atoms with E-state index in [4.69, 9.17) is 15.2 Å². The summed E-state index contributed by atoms with van der Waals surface area (Å²) < 4.78 is 10.7. The predicted molar refractivity (Wildman–Crippen MR) is 97.9 cm³/mol. The monoisotopic (exact) mass is 350 g/mol. The van der Waals surface area contributed by atoms with Crippen molar-refractivity contribution in [1.29, 1.82) is 0 Å². The minimum Gasteiger partial charge on any atom is -0.497 e. The molecule has 0 aromatic heterocycles. The van der Waals surface area contributed by atoms with E-state index in [1.807, 2.05) is 24.3 Å². The van der Waals surface area contributed by atoms with Crippen LogP contribution in [0.4, 0.5) is 5.69 Å². The van der Waals surface area contributed by atoms with Gasteiger partial charge in [-0.3, -0.25) is 4.79 Å². The van der Waals surface area contributed by atoms with Crippen molar-refractivity contribution in [1.82, 2.24) is 5.32 Å². The summed E-state index contributed by atoms with van der Waals surface area (Å²) in [5.41, 5.74) is 7.50. The Morgan fingerprint density at radius 3 is 2.25 bits per heavy atom. The van der Waals surface area contributed by atoms with Gasteiger partial charge >= 0.3 is 0 Å². The normalized spacial score (nSPS) is 11.1. The first-order valence-corrected chi connectivity index (χ1v) is 7.51. The zero-order chi connectivity index (χ0) is 16.7. The average Bonchev–Trinajstić information content (AvgIpc) is 2.57. The lowest BCUT2D eigenvalue weighted by Crippen LogP contribution is -2.37. The Labute approximate surface area is 148 Å². The Balaban J connectivity index is 0.00000288. The molecular weight excluding hydrogens is 328 g/mol. The smallest absolute Gasteiger partial charge is 0.260 e. The standard InChI is InChI=1S/C18H22N2O3.ClH/c1-13(23-17-9-7-16(22-2)8-10-17)18(21)20-12-11-14-3-5-15(19)6-4-14;/h3-10,13H,11-12,19H2,1-2H3,(H,20,21);1H. The van der Waals surface area contributed by atoms with Crippen LogP contribution in [0.15, 0.2) is 48.5 Å². The molecule has 130 valence electrons. The van der Waals surface area contributed by atoms with E-state index in [2.05, 4.69) is 5.32 Å². The number of nitrogens with two attached hydrogens (primary N) is 1. The molecule has 0 saturated carbocycles. The second-order valence-corrected chi connectivity index (χ2v) is 5.22. The Kier molecular flexibility index (Phi) is 7.92. The van der Waals surface area contributed by atoms with E-state index >= 15 is 0 Å². The second kappa shape index (κ2) is 9.67. The highest BCUT2D eigenvalue weighted by atomic mass is 35.5. The SMILES string of the molecule is COc1ccc(OC(C)C(=O)NCCc2ccc(N)cc2)cc1.Cl. The van der Waals surface area contributed by atoms with Crippen LogP contribution in [0.2, 0.25) is 0 Å². The molecule has 0 bridgehead atoms. The van der Waals surface area contributed by atoms with Crippen molar-refractivity contribution < 1.29 is 14.3 Å². The molecule has 0 saturated heterocycles. The number of hydrogen-bond acceptors (Lipinski definition) is 4. The third kappa shape index (κ3) is 6.01. The number of carbonyl (C=O) groups excluding carboxylic acids is 1. The number of carbonyl (C=O) groups is 1. The number of rotatable bonds is 7. The maximum atomic E-state index is 12.0. The Hall–Kier alpha value is -2.40. The van der Waals surface area contributed by atoms with E-state index in [1.54, 1.807) is 38.3 Å². The van der Waals surface area contributed by atoms with E-state index in [9.17, 15) is 4.79 Å². The number of ether oxygens (including phenoxy) is 2. The average molecular weight is 351 g/mol. The highest BCUT2D eigenvalue weighted by Crippen LogP contribution is 2.18. The van der Waals surface area contributed by atoms with Gasteiger partial charge < -0.3 is 20.5 Å². The van der Waals surface area contributed by atoms with E-state index in [1.165, 1.54) is 0 Å². The van der Waals surface area contributed by atoms with Gasteiger partial charge in [0.25, 0.3) is 5.91 Å². The zero-order valence-electron chi connectivity index (χ0n) is 13.8. The number of nitrogens with one attached hydrogen (secondary N) is 1. The van der Waals surface area contributed by atoms with Gasteiger partial charge in [-0.1, -0.05) is 12.1 Å². The Morgan fingerprint density at radius 1 is 1.08 bits per heavy atom. The topological polar surface area (TPSA) is 73.6 Å². The number of benzene rings is 2. The van der Waals surface area contributed by atoms with Crippen LogP contribution >= 0.6 is 12.4 Å². The minimum absolute atomic E-state index is 0. The summed E-state index contributed by atoms with van der Waals surface area (Å²) in [6.45, 7) is 2.28. The summed E-state index contributed by atoms with van der Waals surface area (Å²) in [4.78, 5) is 12.0. The summed E-state index contributed by atoms with van der Waals surface area (Å²) in [7, 11) is 1.60. The van der Waals surface area contributed by atoms with Gasteiger partial charge in [0.05, 0.1) is 7.11 Å². The van der Waals surface area contributed by atoms with Crippen LogP contribution in [-0.2, 0) is 11.2 Å². The molecule has 0 radical (unpaired) electrons. The van der Waals surface area contributed by atoms with E-state index in [0.29, 0.717) is 12.3 Å². The molecule has 1 atom stereocenters. The quantitative estimate of drug-likeness (QED) is 0.753. The molecular formula is C18H23ClN2O3. The molecule has 24 heavy (non-hydrogen) atoms. The molecule has 2 aromatic carbocycles. The number of anilines is 1. The summed E-state index contributed by atoms with van der Waals surface area (Å²) in [5, 5.41) is 2.87. The number of hydrogen-bond donors (Lipinski definition) is 2. The van der Waals surface area contributed by atoms with Gasteiger partial charge in [-0.05, 0) is 55.3 Å². The molecule has 2 aromatic rings. The van der Waals surface area contributed by atoms with Crippen LogP contribution in [0.3, 0.4) is 0 Å². The number of halogens is 1. The number of methoxy groups -OCH3 is 1. The summed E-state index contributed by atoms with van der Waals surface area (Å²) in [6, 6.07) is 14.8. The van der Waals surface area contributed by atoms with Crippen LogP contribution < -0.4 is 20.5 Å². The van der Waals surface area contributed by atoms with Crippen molar-refractivity contribution >= 4 is 24.0 Å². The highest BCUT2D eigenvalue weighted by Gasteiger charge is 2.14. The van der Waals surface area contributed by atoms with Crippen molar-refractivity contribution in [3.63, 3.8) is 0 Å². The molecule has 0 spiro atoms. The van der Waals surface area contributed by atoms with Gasteiger partial charge in [0, 0.05) is 12.2 Å². The van der Waals surface area contributed by atoms with Gasteiger partial charge in [-0.15, -0.1) is 12.4 Å². The Morgan fingerprint density at radius 2 is 1.67 bits per heavy atom. The van der Waals surface area contributed by atoms with E-state index in [0.717, 1.165) is 23.4 Å². The third-order valence-electron chi connectivity index (χ3n) is 3.43. The molecule has 0 aliphatic carbocycles. The molecule has 0 aliphatic heterocycles. The van der Waals surface area contributed by atoms with Crippen LogP contribution in [-0.4, -0.2) is 25.7 Å². The van der Waals surface area contributed by atoms with Crippen LogP contribution in [0.5, 0.6) is 11.5 Å². The van der Waals surface area contributed by atoms with Crippen molar-refractivity contribution in [2.45, 2.75) is 19.4 Å². The van der Waals surface area contributed by atoms with Gasteiger partial charge in [0.15, 0.2) is 6.10 Å². The van der Waals surface area contributed by atoms with Crippen LogP contribution in [0.25, 0.3) is 0 Å². The first-order chi connectivity index (χ1) is 11.1. The van der Waals surface area contributed by atoms with Crippen molar-refractivity contribution in [3.8, 4) is 11.5 Å². The molecule has 1 amide bonds. The van der Waals surface area contributed by atoms with Gasteiger partial charge in [0.1, 0.15) is 11.5 Å². The first-order valence-electron chi connectivity index (χ1n) is 7.51. The van der Waals surface area contributed by atoms with E-state index in [-0.39, 0.29) is 18.3 Å². The summed E-state index contributed by atoms with van der Waals surface area (Å²) >= 11 is 0. The molecule has 0 aliphatic rings. The van der Waals surface area contributed by atoms with Gasteiger partial charge in [0.2, 0.25) is 0 Å². The lowest BCUT2D eigenvalue weighted by molar-refractivity contribution is -0.127. The highest BCUT2D eigenvalue weighted by molar-refractivity contribution is 5.85. The lowest BCUT2D eigenvalue weighted by Gasteiger charge is -2.15. The molecule has 1 unspecified atom stereocenters. The molecule has 2 rings (SSSR count). The fraction of sp³-hybridized carbons (Fsp3) is 0.278. The molecule has 3 N–H and O–H groups in total. The van der Waals surface area contributed by atoms with Crippen molar-refractivity contribution in [2.75, 3.05) is 19.4 Å². The molecule has 6 heteroatoms. The van der Waals surface area contributed by atoms with Gasteiger partial charge in [-0.25, -0.2) is 0 Å². The summed E-state index contributed by atoms with van der Waals surface area (Å²) in [5.74, 6) is 1.24. The van der Waals surface area contributed by atoms with Crippen LogP contribution in [0, 0.1) is 0 Å². The summed E-state index contributed by atoms with van der Waals surface area (Å²) in [6.07, 6.45) is 0.191. The largest absolute Gasteiger partial charge is 0.497 e. The minimum atomic E-state index is -0.560. The second-order valence-electron chi connectivity index (χ2n) is 5.22. The lowest BCUT2D eigenvalue weighted by atomic mass is 10.1. The first kappa shape index (κ1) is 19.6. The number of amides is 1. The Bertz CT molecular complexity index is 630. The molecule has 0 heterocycles. The maximum Gasteiger partial charge on any atom is 0.260 e. The third-order valence-corrected chi connectivity index (χ3v) is 3.43. The van der Waals surface area contributed by atoms with E-state index < -0.39 is 6.10 Å². The van der Waals surface area contributed by atoms with Crippen molar-refractivity contribution in [3.05, 3.63) is 54.1 Å². The molecule has 0 fully saturated rings. The fourth-order valence-corrected chi connectivity index (χ4v) is 2.07. The van der Waals surface area contributed by atoms with Crippen LogP contribution in [0.1, 0.15) is 12.5 Å². The zero-order valence-corrected chi connectivity index (χ0v) is 14.6. The fourth-order valence-electron chi connectivity index (χ4n) is 2.07. The predicted octanol–water partition coefficient (Wildman–Crippen LogP) is 2.83. The van der Waals surface area contributed by atoms with Gasteiger partial charge in [-0.2, -0.15) is 0 Å². The van der Waals surface area contributed by atoms with Crippen molar-refractivity contribution in [2.24, 2.45) is 0 Å².